The van der Waals surface area contributed by atoms with Crippen LogP contribution in [0, 0.1) is 0 Å². The molecule has 138 valence electrons. The van der Waals surface area contributed by atoms with Crippen LogP contribution in [0.4, 0.5) is 16.2 Å². The maximum Gasteiger partial charge on any atom is 0.319 e. The number of hydrogen-bond donors (Lipinski definition) is 3. The Morgan fingerprint density at radius 2 is 1.70 bits per heavy atom. The van der Waals surface area contributed by atoms with E-state index in [1.54, 1.807) is 30.3 Å². The van der Waals surface area contributed by atoms with Gasteiger partial charge in [0, 0.05) is 35.4 Å². The Morgan fingerprint density at radius 1 is 1.04 bits per heavy atom. The van der Waals surface area contributed by atoms with Crippen molar-refractivity contribution in [1.82, 2.24) is 9.88 Å². The third-order valence-electron chi connectivity index (χ3n) is 4.17. The monoisotopic (exact) mass is 362 g/mol. The van der Waals surface area contributed by atoms with E-state index in [9.17, 15) is 9.59 Å². The zero-order chi connectivity index (χ0) is 19.2. The van der Waals surface area contributed by atoms with E-state index in [0.717, 1.165) is 10.9 Å². The van der Waals surface area contributed by atoms with Gasteiger partial charge in [-0.2, -0.15) is 0 Å². The molecule has 3 amide bonds. The summed E-state index contributed by atoms with van der Waals surface area (Å²) in [4.78, 5) is 24.4. The SMILES string of the molecule is C=CCNC(=O)Nc1ccc(NC(=O)c2cc3ccccc3n2CC)cc1. The van der Waals surface area contributed by atoms with Gasteiger partial charge in [-0.05, 0) is 43.3 Å². The first-order valence-corrected chi connectivity index (χ1v) is 8.77. The Bertz CT molecular complexity index is 974. The zero-order valence-electron chi connectivity index (χ0n) is 15.2. The number of rotatable bonds is 6. The van der Waals surface area contributed by atoms with Gasteiger partial charge in [-0.3, -0.25) is 4.79 Å². The van der Waals surface area contributed by atoms with E-state index in [1.807, 2.05) is 41.8 Å². The van der Waals surface area contributed by atoms with Crippen LogP contribution >= 0.6 is 0 Å². The highest BCUT2D eigenvalue weighted by Gasteiger charge is 2.14. The molecule has 0 radical (unpaired) electrons. The topological polar surface area (TPSA) is 75.2 Å². The molecule has 0 aliphatic carbocycles. The lowest BCUT2D eigenvalue weighted by atomic mass is 10.2. The van der Waals surface area contributed by atoms with Crippen LogP contribution in [-0.4, -0.2) is 23.1 Å². The quantitative estimate of drug-likeness (QED) is 0.574. The summed E-state index contributed by atoms with van der Waals surface area (Å²) in [6, 6.07) is 16.5. The Morgan fingerprint density at radius 3 is 2.37 bits per heavy atom. The predicted octanol–water partition coefficient (Wildman–Crippen LogP) is 4.22. The maximum absolute atomic E-state index is 12.7. The van der Waals surface area contributed by atoms with E-state index in [2.05, 4.69) is 22.5 Å². The molecule has 0 atom stereocenters. The molecule has 0 aliphatic heterocycles. The first kappa shape index (κ1) is 18.3. The van der Waals surface area contributed by atoms with E-state index < -0.39 is 0 Å². The number of nitrogens with zero attached hydrogens (tertiary/aromatic N) is 1. The van der Waals surface area contributed by atoms with Gasteiger partial charge in [-0.25, -0.2) is 4.79 Å². The minimum Gasteiger partial charge on any atom is -0.337 e. The van der Waals surface area contributed by atoms with Gasteiger partial charge in [0.1, 0.15) is 5.69 Å². The van der Waals surface area contributed by atoms with E-state index in [1.165, 1.54) is 0 Å². The first-order chi connectivity index (χ1) is 13.1. The normalized spacial score (nSPS) is 10.4. The molecule has 0 spiro atoms. The molecule has 27 heavy (non-hydrogen) atoms. The van der Waals surface area contributed by atoms with Crippen LogP contribution in [0.5, 0.6) is 0 Å². The number of carbonyl (C=O) groups is 2. The fourth-order valence-corrected chi connectivity index (χ4v) is 2.91. The van der Waals surface area contributed by atoms with Crippen molar-refractivity contribution in [3.63, 3.8) is 0 Å². The second kappa shape index (κ2) is 8.23. The van der Waals surface area contributed by atoms with Gasteiger partial charge in [0.15, 0.2) is 0 Å². The second-order valence-corrected chi connectivity index (χ2v) is 5.99. The van der Waals surface area contributed by atoms with Crippen molar-refractivity contribution in [2.45, 2.75) is 13.5 Å². The summed E-state index contributed by atoms with van der Waals surface area (Å²) >= 11 is 0. The van der Waals surface area contributed by atoms with Crippen molar-refractivity contribution in [1.29, 1.82) is 0 Å². The van der Waals surface area contributed by atoms with E-state index >= 15 is 0 Å². The smallest absolute Gasteiger partial charge is 0.319 e. The fourth-order valence-electron chi connectivity index (χ4n) is 2.91. The number of hydrogen-bond acceptors (Lipinski definition) is 2. The molecular formula is C21H22N4O2. The van der Waals surface area contributed by atoms with Crippen LogP contribution in [0.3, 0.4) is 0 Å². The largest absolute Gasteiger partial charge is 0.337 e. The lowest BCUT2D eigenvalue weighted by Gasteiger charge is -2.10. The molecule has 0 unspecified atom stereocenters. The van der Waals surface area contributed by atoms with Crippen molar-refractivity contribution < 1.29 is 9.59 Å². The highest BCUT2D eigenvalue weighted by atomic mass is 16.2. The van der Waals surface area contributed by atoms with Gasteiger partial charge in [-0.15, -0.1) is 6.58 Å². The third kappa shape index (κ3) is 4.17. The fraction of sp³-hybridized carbons (Fsp3) is 0.143. The number of fused-ring (bicyclic) bond motifs is 1. The molecular weight excluding hydrogens is 340 g/mol. The number of benzene rings is 2. The van der Waals surface area contributed by atoms with Crippen molar-refractivity contribution in [2.24, 2.45) is 0 Å². The number of urea groups is 1. The number of amides is 3. The van der Waals surface area contributed by atoms with Gasteiger partial charge in [0.2, 0.25) is 0 Å². The third-order valence-corrected chi connectivity index (χ3v) is 4.17. The Kier molecular flexibility index (Phi) is 5.56. The summed E-state index contributed by atoms with van der Waals surface area (Å²) < 4.78 is 1.99. The average molecular weight is 362 g/mol. The molecule has 3 rings (SSSR count). The molecule has 2 aromatic carbocycles. The highest BCUT2D eigenvalue weighted by molar-refractivity contribution is 6.06. The lowest BCUT2D eigenvalue weighted by Crippen LogP contribution is -2.28. The summed E-state index contributed by atoms with van der Waals surface area (Å²) in [5.41, 5.74) is 2.95. The van der Waals surface area contributed by atoms with Gasteiger partial charge >= 0.3 is 6.03 Å². The molecule has 3 N–H and O–H groups in total. The molecule has 3 aromatic rings. The summed E-state index contributed by atoms with van der Waals surface area (Å²) in [6.45, 7) is 6.66. The van der Waals surface area contributed by atoms with E-state index in [4.69, 9.17) is 0 Å². The highest BCUT2D eigenvalue weighted by Crippen LogP contribution is 2.21. The van der Waals surface area contributed by atoms with Crippen LogP contribution in [0.15, 0.2) is 67.3 Å². The van der Waals surface area contributed by atoms with Gasteiger partial charge in [0.05, 0.1) is 0 Å². The Balaban J connectivity index is 1.71. The molecule has 0 fully saturated rings. The molecule has 1 aromatic heterocycles. The Labute approximate surface area is 157 Å². The summed E-state index contributed by atoms with van der Waals surface area (Å²) in [6.07, 6.45) is 1.60. The number of para-hydroxylation sites is 1. The second-order valence-electron chi connectivity index (χ2n) is 5.99. The van der Waals surface area contributed by atoms with Crippen molar-refractivity contribution in [2.75, 3.05) is 17.2 Å². The lowest BCUT2D eigenvalue weighted by molar-refractivity contribution is 0.101. The predicted molar refractivity (Wildman–Crippen MR) is 109 cm³/mol. The summed E-state index contributed by atoms with van der Waals surface area (Å²) in [7, 11) is 0. The molecule has 0 bridgehead atoms. The van der Waals surface area contributed by atoms with Crippen molar-refractivity contribution >= 4 is 34.2 Å². The number of aryl methyl sites for hydroxylation is 1. The molecule has 0 saturated heterocycles. The maximum atomic E-state index is 12.7. The number of carbonyl (C=O) groups excluding carboxylic acids is 2. The van der Waals surface area contributed by atoms with Gasteiger partial charge in [0.25, 0.3) is 5.91 Å². The minimum atomic E-state index is -0.306. The van der Waals surface area contributed by atoms with E-state index in [0.29, 0.717) is 30.2 Å². The molecule has 0 aliphatic rings. The first-order valence-electron chi connectivity index (χ1n) is 8.77. The van der Waals surface area contributed by atoms with Gasteiger partial charge < -0.3 is 20.5 Å². The van der Waals surface area contributed by atoms with Crippen LogP contribution in [0.25, 0.3) is 10.9 Å². The standard InChI is InChI=1S/C21H22N4O2/c1-3-13-22-21(27)24-17-11-9-16(10-12-17)23-20(26)19-14-15-7-5-6-8-18(15)25(19)4-2/h3,5-12,14H,1,4,13H2,2H3,(H,23,26)(H2,22,24,27). The zero-order valence-corrected chi connectivity index (χ0v) is 15.2. The van der Waals surface area contributed by atoms with Crippen LogP contribution in [-0.2, 0) is 6.54 Å². The molecule has 6 heteroatoms. The number of aromatic nitrogens is 1. The Hall–Kier alpha value is -3.54. The average Bonchev–Trinajstić information content (AvgIpc) is 3.06. The van der Waals surface area contributed by atoms with E-state index in [-0.39, 0.29) is 11.9 Å². The summed E-state index contributed by atoms with van der Waals surface area (Å²) in [5, 5.41) is 9.29. The number of anilines is 2. The number of nitrogens with one attached hydrogen (secondary N) is 3. The minimum absolute atomic E-state index is 0.169. The van der Waals surface area contributed by atoms with Crippen LogP contribution < -0.4 is 16.0 Å². The molecule has 1 heterocycles. The van der Waals surface area contributed by atoms with Gasteiger partial charge in [-0.1, -0.05) is 24.3 Å². The van der Waals surface area contributed by atoms with Crippen LogP contribution in [0.1, 0.15) is 17.4 Å². The molecule has 6 nitrogen and oxygen atoms in total. The van der Waals surface area contributed by atoms with Crippen molar-refractivity contribution in [3.05, 3.63) is 72.9 Å². The molecule has 0 saturated carbocycles. The van der Waals surface area contributed by atoms with Crippen LogP contribution in [0.2, 0.25) is 0 Å². The van der Waals surface area contributed by atoms with Crippen molar-refractivity contribution in [3.8, 4) is 0 Å². The summed E-state index contributed by atoms with van der Waals surface area (Å²) in [5.74, 6) is -0.169.